The van der Waals surface area contributed by atoms with Crippen LogP contribution in [0.2, 0.25) is 0 Å². The van der Waals surface area contributed by atoms with Gasteiger partial charge in [-0.2, -0.15) is 8.42 Å². The van der Waals surface area contributed by atoms with Gasteiger partial charge < -0.3 is 0 Å². The first-order chi connectivity index (χ1) is 11.0. The summed E-state index contributed by atoms with van der Waals surface area (Å²) in [6.45, 7) is 1.92. The van der Waals surface area contributed by atoms with Crippen LogP contribution < -0.4 is 0 Å². The molecule has 0 amide bonds. The van der Waals surface area contributed by atoms with Gasteiger partial charge in [0.05, 0.1) is 4.90 Å². The SMILES string of the molecule is Cc1ccc(S(=O)(=O)N=[S@@](CCCl)CCc2ccccc2)cc1. The van der Waals surface area contributed by atoms with Gasteiger partial charge >= 0.3 is 0 Å². The van der Waals surface area contributed by atoms with Crippen molar-refractivity contribution in [3.8, 4) is 0 Å². The van der Waals surface area contributed by atoms with Gasteiger partial charge in [0.2, 0.25) is 0 Å². The topological polar surface area (TPSA) is 46.5 Å². The van der Waals surface area contributed by atoms with Crippen LogP contribution in [0, 0.1) is 6.92 Å². The largest absolute Gasteiger partial charge is 0.287 e. The van der Waals surface area contributed by atoms with Crippen molar-refractivity contribution in [2.45, 2.75) is 18.2 Å². The van der Waals surface area contributed by atoms with E-state index in [1.807, 2.05) is 37.3 Å². The van der Waals surface area contributed by atoms with Gasteiger partial charge in [-0.1, -0.05) is 58.7 Å². The monoisotopic (exact) mass is 369 g/mol. The van der Waals surface area contributed by atoms with E-state index in [0.29, 0.717) is 17.4 Å². The molecule has 2 aromatic rings. The number of aryl methyl sites for hydroxylation is 2. The fourth-order valence-electron chi connectivity index (χ4n) is 2.04. The van der Waals surface area contributed by atoms with Crippen molar-refractivity contribution in [2.24, 2.45) is 3.77 Å². The van der Waals surface area contributed by atoms with Crippen LogP contribution in [0.1, 0.15) is 11.1 Å². The lowest BCUT2D eigenvalue weighted by Gasteiger charge is -2.08. The summed E-state index contributed by atoms with van der Waals surface area (Å²) in [6.07, 6.45) is 0.799. The summed E-state index contributed by atoms with van der Waals surface area (Å²) in [5, 5.41) is 0. The first-order valence-corrected chi connectivity index (χ1v) is 10.8. The highest BCUT2D eigenvalue weighted by Gasteiger charge is 2.13. The Bertz CT molecular complexity index is 757. The second-order valence-corrected chi connectivity index (χ2v) is 9.29. The molecular formula is C17H20ClNO2S2. The molecule has 2 rings (SSSR count). The molecule has 0 aliphatic rings. The molecule has 1 atom stereocenters. The number of halogens is 1. The average Bonchev–Trinajstić information content (AvgIpc) is 2.54. The van der Waals surface area contributed by atoms with Crippen LogP contribution in [0.25, 0.3) is 0 Å². The normalized spacial score (nSPS) is 13.1. The Hall–Kier alpha value is -1.17. The van der Waals surface area contributed by atoms with Gasteiger partial charge in [-0.25, -0.2) is 0 Å². The molecule has 2 aromatic carbocycles. The highest BCUT2D eigenvalue weighted by atomic mass is 35.5. The van der Waals surface area contributed by atoms with Gasteiger partial charge in [-0.15, -0.1) is 15.4 Å². The van der Waals surface area contributed by atoms with Crippen molar-refractivity contribution in [3.63, 3.8) is 0 Å². The Morgan fingerprint density at radius 3 is 2.26 bits per heavy atom. The lowest BCUT2D eigenvalue weighted by Crippen LogP contribution is -2.10. The zero-order valence-electron chi connectivity index (χ0n) is 13.0. The number of hydrogen-bond acceptors (Lipinski definition) is 2. The second-order valence-electron chi connectivity index (χ2n) is 5.16. The predicted octanol–water partition coefficient (Wildman–Crippen LogP) is 3.97. The fraction of sp³-hybridized carbons (Fsp3) is 0.294. The molecule has 6 heteroatoms. The summed E-state index contributed by atoms with van der Waals surface area (Å²) in [5.74, 6) is 1.69. The predicted molar refractivity (Wildman–Crippen MR) is 98.8 cm³/mol. The van der Waals surface area contributed by atoms with E-state index >= 15 is 0 Å². The molecule has 0 spiro atoms. The highest BCUT2D eigenvalue weighted by Crippen LogP contribution is 2.15. The summed E-state index contributed by atoms with van der Waals surface area (Å²) < 4.78 is 29.0. The third kappa shape index (κ3) is 5.75. The highest BCUT2D eigenvalue weighted by molar-refractivity contribution is 8.00. The van der Waals surface area contributed by atoms with E-state index < -0.39 is 20.7 Å². The molecule has 0 heterocycles. The van der Waals surface area contributed by atoms with Gasteiger partial charge in [0.25, 0.3) is 10.0 Å². The van der Waals surface area contributed by atoms with Crippen LogP contribution in [0.5, 0.6) is 0 Å². The molecular weight excluding hydrogens is 350 g/mol. The molecule has 0 N–H and O–H groups in total. The van der Waals surface area contributed by atoms with Crippen LogP contribution >= 0.6 is 11.6 Å². The van der Waals surface area contributed by atoms with Crippen molar-refractivity contribution in [3.05, 3.63) is 65.7 Å². The molecule has 0 unspecified atom stereocenters. The first kappa shape index (κ1) is 18.2. The molecule has 23 heavy (non-hydrogen) atoms. The molecule has 0 fully saturated rings. The van der Waals surface area contributed by atoms with E-state index in [-0.39, 0.29) is 4.90 Å². The molecule has 0 aromatic heterocycles. The lowest BCUT2D eigenvalue weighted by atomic mass is 10.2. The summed E-state index contributed by atoms with van der Waals surface area (Å²) in [6, 6.07) is 16.8. The molecule has 0 radical (unpaired) electrons. The van der Waals surface area contributed by atoms with Gasteiger partial charge in [0.15, 0.2) is 0 Å². The second kappa shape index (κ2) is 8.62. The molecule has 0 saturated carbocycles. The van der Waals surface area contributed by atoms with E-state index in [1.54, 1.807) is 24.3 Å². The Balaban J connectivity index is 2.18. The summed E-state index contributed by atoms with van der Waals surface area (Å²) in [7, 11) is -4.22. The standard InChI is InChI=1S/C17H20ClNO2S2/c1-15-7-9-17(10-8-15)23(20,21)19-22(14-12-18)13-11-16-5-3-2-4-6-16/h2-10H,11-14H2,1H3/t22-/m1/s1. The number of benzene rings is 2. The maximum absolute atomic E-state index is 12.4. The molecule has 0 aliphatic heterocycles. The minimum absolute atomic E-state index is 0.245. The van der Waals surface area contributed by atoms with Gasteiger partial charge in [0, 0.05) is 17.4 Å². The third-order valence-corrected chi connectivity index (χ3v) is 7.56. The third-order valence-electron chi connectivity index (χ3n) is 3.30. The van der Waals surface area contributed by atoms with E-state index in [0.717, 1.165) is 12.0 Å². The maximum Gasteiger partial charge on any atom is 0.287 e. The van der Waals surface area contributed by atoms with E-state index in [2.05, 4.69) is 3.77 Å². The average molecular weight is 370 g/mol. The summed E-state index contributed by atoms with van der Waals surface area (Å²) >= 11 is 5.83. The summed E-state index contributed by atoms with van der Waals surface area (Å²) in [4.78, 5) is 0.245. The fourth-order valence-corrected chi connectivity index (χ4v) is 5.96. The maximum atomic E-state index is 12.4. The van der Waals surface area contributed by atoms with Crippen LogP contribution in [0.3, 0.4) is 0 Å². The van der Waals surface area contributed by atoms with Crippen molar-refractivity contribution in [1.82, 2.24) is 0 Å². The Morgan fingerprint density at radius 2 is 1.65 bits per heavy atom. The van der Waals surface area contributed by atoms with E-state index in [1.165, 1.54) is 5.56 Å². The Labute approximate surface area is 145 Å². The lowest BCUT2D eigenvalue weighted by molar-refractivity contribution is 0.598. The quantitative estimate of drug-likeness (QED) is 0.693. The van der Waals surface area contributed by atoms with Crippen molar-refractivity contribution >= 4 is 32.3 Å². The van der Waals surface area contributed by atoms with Crippen LogP contribution in [0.15, 0.2) is 63.3 Å². The molecule has 0 bridgehead atoms. The smallest absolute Gasteiger partial charge is 0.199 e. The number of nitrogens with zero attached hydrogens (tertiary/aromatic N) is 1. The number of alkyl halides is 1. The zero-order valence-corrected chi connectivity index (χ0v) is 15.4. The van der Waals surface area contributed by atoms with Gasteiger partial charge in [-0.05, 0) is 31.0 Å². The molecule has 124 valence electrons. The minimum Gasteiger partial charge on any atom is -0.199 e. The summed E-state index contributed by atoms with van der Waals surface area (Å²) in [5.41, 5.74) is 2.20. The van der Waals surface area contributed by atoms with Gasteiger partial charge in [0.1, 0.15) is 0 Å². The minimum atomic E-state index is -3.62. The zero-order chi connectivity index (χ0) is 16.7. The Morgan fingerprint density at radius 1 is 1.00 bits per heavy atom. The van der Waals surface area contributed by atoms with Gasteiger partial charge in [-0.3, -0.25) is 0 Å². The van der Waals surface area contributed by atoms with Crippen LogP contribution in [-0.4, -0.2) is 25.8 Å². The van der Waals surface area contributed by atoms with Crippen LogP contribution in [-0.2, 0) is 27.1 Å². The van der Waals surface area contributed by atoms with Crippen LogP contribution in [0.4, 0.5) is 0 Å². The number of sulfonamides is 1. The molecule has 3 nitrogen and oxygen atoms in total. The Kier molecular flexibility index (Phi) is 6.81. The molecule has 0 saturated heterocycles. The van der Waals surface area contributed by atoms with Crippen molar-refractivity contribution in [1.29, 1.82) is 0 Å². The number of rotatable bonds is 7. The molecule has 0 aliphatic carbocycles. The van der Waals surface area contributed by atoms with E-state index in [4.69, 9.17) is 11.6 Å². The van der Waals surface area contributed by atoms with Crippen molar-refractivity contribution < 1.29 is 8.42 Å². The van der Waals surface area contributed by atoms with E-state index in [9.17, 15) is 8.42 Å². The first-order valence-electron chi connectivity index (χ1n) is 7.33. The number of hydrogen-bond donors (Lipinski definition) is 0. The van der Waals surface area contributed by atoms with Crippen molar-refractivity contribution in [2.75, 3.05) is 17.4 Å².